The summed E-state index contributed by atoms with van der Waals surface area (Å²) >= 11 is 0. The molecule has 0 bridgehead atoms. The number of rotatable bonds is 6. The zero-order valence-corrected chi connectivity index (χ0v) is 15.0. The molecule has 0 unspecified atom stereocenters. The molecule has 0 fully saturated rings. The van der Waals surface area contributed by atoms with Gasteiger partial charge in [-0.25, -0.2) is 4.79 Å². The second-order valence-corrected chi connectivity index (χ2v) is 5.70. The highest BCUT2D eigenvalue weighted by Crippen LogP contribution is 2.23. The molecule has 0 saturated carbocycles. The Morgan fingerprint density at radius 1 is 1.19 bits per heavy atom. The topological polar surface area (TPSA) is 80.4 Å². The number of hydrogen-bond donors (Lipinski definition) is 2. The van der Waals surface area contributed by atoms with Crippen molar-refractivity contribution < 1.29 is 32.2 Å². The van der Waals surface area contributed by atoms with Gasteiger partial charge in [0.2, 0.25) is 0 Å². The molecule has 9 heteroatoms. The number of carbonyl (C=O) groups excluding carboxylic acids is 2. The Labute approximate surface area is 153 Å². The number of hydrogen-bond acceptors (Lipinski definition) is 4. The van der Waals surface area contributed by atoms with Crippen molar-refractivity contribution in [3.8, 4) is 5.75 Å². The van der Waals surface area contributed by atoms with Gasteiger partial charge >= 0.3 is 12.3 Å². The van der Waals surface area contributed by atoms with E-state index in [9.17, 15) is 22.8 Å². The summed E-state index contributed by atoms with van der Waals surface area (Å²) in [5.74, 6) is -1.30. The lowest BCUT2D eigenvalue weighted by molar-refractivity contribution is -0.274. The fourth-order valence-electron chi connectivity index (χ4n) is 2.61. The van der Waals surface area contributed by atoms with E-state index in [0.717, 1.165) is 0 Å². The van der Waals surface area contributed by atoms with E-state index in [1.807, 2.05) is 6.92 Å². The van der Waals surface area contributed by atoms with Crippen LogP contribution in [0.15, 0.2) is 24.3 Å². The molecule has 0 atom stereocenters. The highest BCUT2D eigenvalue weighted by atomic mass is 19.4. The molecule has 146 valence electrons. The molecule has 0 aliphatic rings. The number of aryl methyl sites for hydroxylation is 1. The van der Waals surface area contributed by atoms with Crippen LogP contribution < -0.4 is 10.1 Å². The maximum absolute atomic E-state index is 12.4. The first-order valence-electron chi connectivity index (χ1n) is 8.08. The predicted octanol–water partition coefficient (Wildman–Crippen LogP) is 3.50. The van der Waals surface area contributed by atoms with Crippen LogP contribution in [0.2, 0.25) is 0 Å². The van der Waals surface area contributed by atoms with Gasteiger partial charge in [0.05, 0.1) is 12.7 Å². The normalized spacial score (nSPS) is 11.2. The van der Waals surface area contributed by atoms with Crippen molar-refractivity contribution in [2.45, 2.75) is 33.2 Å². The molecule has 6 nitrogen and oxygen atoms in total. The average molecular weight is 384 g/mol. The Bertz CT molecular complexity index is 826. The predicted molar refractivity (Wildman–Crippen MR) is 90.5 cm³/mol. The zero-order chi connectivity index (χ0) is 20.2. The summed E-state index contributed by atoms with van der Waals surface area (Å²) in [6.07, 6.45) is -4.24. The molecule has 0 saturated heterocycles. The van der Waals surface area contributed by atoms with Crippen LogP contribution in [0.4, 0.5) is 13.2 Å². The van der Waals surface area contributed by atoms with Gasteiger partial charge in [0, 0.05) is 12.2 Å². The van der Waals surface area contributed by atoms with Crippen molar-refractivity contribution in [1.29, 1.82) is 0 Å². The van der Waals surface area contributed by atoms with Crippen molar-refractivity contribution in [3.05, 3.63) is 52.3 Å². The van der Waals surface area contributed by atoms with Gasteiger partial charge in [-0.2, -0.15) is 0 Å². The van der Waals surface area contributed by atoms with Gasteiger partial charge in [0.25, 0.3) is 5.91 Å². The van der Waals surface area contributed by atoms with E-state index >= 15 is 0 Å². The molecule has 0 radical (unpaired) electrons. The van der Waals surface area contributed by atoms with E-state index in [4.69, 9.17) is 4.74 Å². The molecule has 2 rings (SSSR count). The van der Waals surface area contributed by atoms with E-state index in [-0.39, 0.29) is 18.0 Å². The fraction of sp³-hybridized carbons (Fsp3) is 0.333. The van der Waals surface area contributed by atoms with E-state index in [1.165, 1.54) is 31.4 Å². The standard InChI is InChI=1S/C18H19F3N2O4/c1-4-13-14(17(25)26-3)10(2)15(23-13)16(24)22-9-11-5-7-12(8-6-11)27-18(19,20)21/h5-8,23H,4,9H2,1-3H3,(H,22,24). The number of carbonyl (C=O) groups is 2. The smallest absolute Gasteiger partial charge is 0.465 e. The molecule has 1 heterocycles. The minimum atomic E-state index is -4.75. The van der Waals surface area contributed by atoms with E-state index in [2.05, 4.69) is 15.0 Å². The number of amides is 1. The molecule has 1 amide bonds. The van der Waals surface area contributed by atoms with Crippen LogP contribution >= 0.6 is 0 Å². The van der Waals surface area contributed by atoms with Gasteiger partial charge in [0.1, 0.15) is 11.4 Å². The van der Waals surface area contributed by atoms with Crippen LogP contribution in [0.1, 0.15) is 44.6 Å². The van der Waals surface area contributed by atoms with Crippen molar-refractivity contribution in [2.75, 3.05) is 7.11 Å². The monoisotopic (exact) mass is 384 g/mol. The molecular weight excluding hydrogens is 365 g/mol. The first kappa shape index (κ1) is 20.3. The first-order chi connectivity index (χ1) is 12.7. The van der Waals surface area contributed by atoms with Gasteiger partial charge in [0.15, 0.2) is 0 Å². The summed E-state index contributed by atoms with van der Waals surface area (Å²) in [4.78, 5) is 27.2. The summed E-state index contributed by atoms with van der Waals surface area (Å²) < 4.78 is 45.0. The van der Waals surface area contributed by atoms with Crippen LogP contribution in [0.3, 0.4) is 0 Å². The molecule has 0 spiro atoms. The lowest BCUT2D eigenvalue weighted by Crippen LogP contribution is -2.24. The van der Waals surface area contributed by atoms with Gasteiger partial charge in [-0.1, -0.05) is 19.1 Å². The number of H-pyrrole nitrogens is 1. The van der Waals surface area contributed by atoms with Crippen LogP contribution in [0, 0.1) is 6.92 Å². The third kappa shape index (κ3) is 5.02. The Morgan fingerprint density at radius 3 is 2.33 bits per heavy atom. The molecule has 2 N–H and O–H groups in total. The Hall–Kier alpha value is -2.97. The van der Waals surface area contributed by atoms with Crippen molar-refractivity contribution in [1.82, 2.24) is 10.3 Å². The average Bonchev–Trinajstić information content (AvgIpc) is 2.95. The molecule has 0 aliphatic heterocycles. The van der Waals surface area contributed by atoms with Crippen LogP contribution in [-0.2, 0) is 17.7 Å². The van der Waals surface area contributed by atoms with E-state index in [1.54, 1.807) is 6.92 Å². The number of alkyl halides is 3. The second-order valence-electron chi connectivity index (χ2n) is 5.70. The quantitative estimate of drug-likeness (QED) is 0.747. The first-order valence-corrected chi connectivity index (χ1v) is 8.08. The number of esters is 1. The zero-order valence-electron chi connectivity index (χ0n) is 15.0. The summed E-state index contributed by atoms with van der Waals surface area (Å²) in [6, 6.07) is 5.17. The van der Waals surface area contributed by atoms with Crippen molar-refractivity contribution in [3.63, 3.8) is 0 Å². The number of ether oxygens (including phenoxy) is 2. The maximum atomic E-state index is 12.4. The SMILES string of the molecule is CCc1[nH]c(C(=O)NCc2ccc(OC(F)(F)F)cc2)c(C)c1C(=O)OC. The highest BCUT2D eigenvalue weighted by molar-refractivity contribution is 6.00. The lowest BCUT2D eigenvalue weighted by atomic mass is 10.1. The Kier molecular flexibility index (Phi) is 6.14. The minimum Gasteiger partial charge on any atom is -0.465 e. The Balaban J connectivity index is 2.08. The fourth-order valence-corrected chi connectivity index (χ4v) is 2.61. The summed E-state index contributed by atoms with van der Waals surface area (Å²) in [5, 5.41) is 2.66. The van der Waals surface area contributed by atoms with Gasteiger partial charge in [-0.05, 0) is 36.6 Å². The molecule has 0 aliphatic carbocycles. The molecule has 2 aromatic rings. The van der Waals surface area contributed by atoms with E-state index in [0.29, 0.717) is 28.8 Å². The molecule has 1 aromatic heterocycles. The lowest BCUT2D eigenvalue weighted by Gasteiger charge is -2.10. The van der Waals surface area contributed by atoms with Crippen molar-refractivity contribution in [2.24, 2.45) is 0 Å². The summed E-state index contributed by atoms with van der Waals surface area (Å²) in [7, 11) is 1.26. The number of halogens is 3. The minimum absolute atomic E-state index is 0.0958. The van der Waals surface area contributed by atoms with E-state index < -0.39 is 18.2 Å². The molecule has 27 heavy (non-hydrogen) atoms. The van der Waals surface area contributed by atoms with Crippen molar-refractivity contribution >= 4 is 11.9 Å². The number of benzene rings is 1. The molecular formula is C18H19F3N2O4. The van der Waals surface area contributed by atoms with Gasteiger partial charge in [-0.15, -0.1) is 13.2 Å². The highest BCUT2D eigenvalue weighted by Gasteiger charge is 2.31. The summed E-state index contributed by atoms with van der Waals surface area (Å²) in [5.41, 5.74) is 2.23. The second kappa shape index (κ2) is 8.15. The third-order valence-electron chi connectivity index (χ3n) is 3.91. The Morgan fingerprint density at radius 2 is 1.81 bits per heavy atom. The number of aromatic amines is 1. The van der Waals surface area contributed by atoms with Crippen LogP contribution in [0.5, 0.6) is 5.75 Å². The number of methoxy groups -OCH3 is 1. The molecule has 1 aromatic carbocycles. The number of nitrogens with one attached hydrogen (secondary N) is 2. The van der Waals surface area contributed by atoms with Crippen LogP contribution in [0.25, 0.3) is 0 Å². The maximum Gasteiger partial charge on any atom is 0.573 e. The third-order valence-corrected chi connectivity index (χ3v) is 3.91. The van der Waals surface area contributed by atoms with Gasteiger partial charge < -0.3 is 19.8 Å². The van der Waals surface area contributed by atoms with Crippen LogP contribution in [-0.4, -0.2) is 30.3 Å². The number of aromatic nitrogens is 1. The van der Waals surface area contributed by atoms with Gasteiger partial charge in [-0.3, -0.25) is 4.79 Å². The summed E-state index contributed by atoms with van der Waals surface area (Å²) in [6.45, 7) is 3.57. The largest absolute Gasteiger partial charge is 0.573 e.